The normalized spacial score (nSPS) is 19.3. The first kappa shape index (κ1) is 13.4. The number of ether oxygens (including phenoxy) is 1. The van der Waals surface area contributed by atoms with Gasteiger partial charge in [-0.05, 0) is 31.2 Å². The molecule has 0 unspecified atom stereocenters. The van der Waals surface area contributed by atoms with E-state index < -0.39 is 0 Å². The van der Waals surface area contributed by atoms with Gasteiger partial charge in [-0.3, -0.25) is 4.79 Å². The average molecular weight is 290 g/mol. The summed E-state index contributed by atoms with van der Waals surface area (Å²) in [5, 5.41) is 0. The molecule has 20 heavy (non-hydrogen) atoms. The summed E-state index contributed by atoms with van der Waals surface area (Å²) >= 11 is 1.55. The van der Waals surface area contributed by atoms with Crippen LogP contribution in [0.1, 0.15) is 26.3 Å². The van der Waals surface area contributed by atoms with Gasteiger partial charge in [0.05, 0.1) is 24.1 Å². The molecule has 1 atom stereocenters. The second-order valence-corrected chi connectivity index (χ2v) is 6.33. The lowest BCUT2D eigenvalue weighted by atomic mass is 10.1. The molecule has 0 spiro atoms. The minimum absolute atomic E-state index is 0.00124. The second kappa shape index (κ2) is 5.42. The van der Waals surface area contributed by atoms with Crippen molar-refractivity contribution in [2.75, 3.05) is 19.8 Å². The number of rotatable bonds is 2. The minimum atomic E-state index is -0.00124. The topological polar surface area (TPSA) is 34.5 Å². The van der Waals surface area contributed by atoms with Gasteiger partial charge in [0.2, 0.25) is 0 Å². The summed E-state index contributed by atoms with van der Waals surface area (Å²) in [6.07, 6.45) is 2.00. The number of hydrogen-bond acceptors (Lipinski definition) is 3. The zero-order valence-electron chi connectivity index (χ0n) is 11.7. The first-order valence-corrected chi connectivity index (χ1v) is 7.55. The summed E-state index contributed by atoms with van der Waals surface area (Å²) in [6.45, 7) is 3.84. The number of carbonyl (C=O) groups is 1. The van der Waals surface area contributed by atoms with E-state index in [2.05, 4.69) is 10.6 Å². The van der Waals surface area contributed by atoms with E-state index in [4.69, 9.17) is 4.74 Å². The van der Waals surface area contributed by atoms with Crippen LogP contribution < -0.4 is 0 Å². The molecule has 0 bridgehead atoms. The van der Waals surface area contributed by atoms with Gasteiger partial charge in [0.1, 0.15) is 0 Å². The summed E-state index contributed by atoms with van der Waals surface area (Å²) in [5.41, 5.74) is 1.12. The maximum absolute atomic E-state index is 12.7. The molecule has 4 nitrogen and oxygen atoms in total. The highest BCUT2D eigenvalue weighted by Crippen LogP contribution is 2.27. The van der Waals surface area contributed by atoms with Crippen molar-refractivity contribution in [3.63, 3.8) is 0 Å². The maximum Gasteiger partial charge on any atom is 0.264 e. The lowest BCUT2D eigenvalue weighted by Crippen LogP contribution is -2.43. The fourth-order valence-corrected chi connectivity index (χ4v) is 3.43. The molecule has 3 heterocycles. The van der Waals surface area contributed by atoms with Gasteiger partial charge in [0.25, 0.3) is 5.91 Å². The van der Waals surface area contributed by atoms with Gasteiger partial charge in [-0.15, -0.1) is 11.3 Å². The first-order chi connectivity index (χ1) is 9.66. The summed E-state index contributed by atoms with van der Waals surface area (Å²) in [7, 11) is 2.00. The standard InChI is InChI=1S/C15H18N2O2S/c1-11-5-6-14(20-11)15(18)17-8-9-19-10-13(17)12-4-3-7-16(12)2/h3-7,13H,8-10H2,1-2H3/t13-/m1/s1. The van der Waals surface area contributed by atoms with Gasteiger partial charge >= 0.3 is 0 Å². The first-order valence-electron chi connectivity index (χ1n) is 6.73. The molecule has 0 aromatic carbocycles. The van der Waals surface area contributed by atoms with Crippen molar-refractivity contribution >= 4 is 17.2 Å². The van der Waals surface area contributed by atoms with E-state index in [1.54, 1.807) is 11.3 Å². The highest BCUT2D eigenvalue weighted by atomic mass is 32.1. The van der Waals surface area contributed by atoms with E-state index >= 15 is 0 Å². The van der Waals surface area contributed by atoms with E-state index in [1.165, 1.54) is 0 Å². The fourth-order valence-electron chi connectivity index (χ4n) is 2.60. The van der Waals surface area contributed by atoms with E-state index in [-0.39, 0.29) is 11.9 Å². The van der Waals surface area contributed by atoms with Gasteiger partial charge in [0, 0.05) is 30.4 Å². The van der Waals surface area contributed by atoms with Crippen LogP contribution >= 0.6 is 11.3 Å². The van der Waals surface area contributed by atoms with E-state index in [1.807, 2.05) is 43.3 Å². The molecule has 1 saturated heterocycles. The van der Waals surface area contributed by atoms with Crippen LogP contribution in [0.4, 0.5) is 0 Å². The fraction of sp³-hybridized carbons (Fsp3) is 0.400. The van der Waals surface area contributed by atoms with Crippen LogP contribution in [0.25, 0.3) is 0 Å². The predicted molar refractivity (Wildman–Crippen MR) is 79.1 cm³/mol. The molecule has 0 aliphatic carbocycles. The third-order valence-corrected chi connectivity index (χ3v) is 4.65. The number of amides is 1. The Morgan fingerprint density at radius 2 is 2.25 bits per heavy atom. The second-order valence-electron chi connectivity index (χ2n) is 5.04. The zero-order valence-corrected chi connectivity index (χ0v) is 12.5. The molecule has 5 heteroatoms. The number of hydrogen-bond donors (Lipinski definition) is 0. The summed E-state index contributed by atoms with van der Waals surface area (Å²) in [4.78, 5) is 16.6. The van der Waals surface area contributed by atoms with Gasteiger partial charge in [-0.2, -0.15) is 0 Å². The van der Waals surface area contributed by atoms with Crippen molar-refractivity contribution < 1.29 is 9.53 Å². The summed E-state index contributed by atoms with van der Waals surface area (Å²) < 4.78 is 7.63. The Morgan fingerprint density at radius 3 is 2.90 bits per heavy atom. The SMILES string of the molecule is Cc1ccc(C(=O)N2CCOC[C@@H]2c2cccn2C)s1. The van der Waals surface area contributed by atoms with Gasteiger partial charge in [0.15, 0.2) is 0 Å². The number of aryl methyl sites for hydroxylation is 2. The molecule has 1 aliphatic rings. The van der Waals surface area contributed by atoms with Crippen LogP contribution in [0.2, 0.25) is 0 Å². The molecule has 0 saturated carbocycles. The number of morpholine rings is 1. The van der Waals surface area contributed by atoms with E-state index in [0.29, 0.717) is 19.8 Å². The molecule has 106 valence electrons. The Labute approximate surface area is 122 Å². The quantitative estimate of drug-likeness (QED) is 0.852. The lowest BCUT2D eigenvalue weighted by molar-refractivity contribution is -0.00437. The maximum atomic E-state index is 12.7. The Morgan fingerprint density at radius 1 is 1.40 bits per heavy atom. The van der Waals surface area contributed by atoms with Gasteiger partial charge in [-0.25, -0.2) is 0 Å². The van der Waals surface area contributed by atoms with Gasteiger partial charge in [-0.1, -0.05) is 0 Å². The van der Waals surface area contributed by atoms with E-state index in [0.717, 1.165) is 15.4 Å². The molecule has 3 rings (SSSR count). The van der Waals surface area contributed by atoms with Crippen LogP contribution in [-0.4, -0.2) is 35.1 Å². The van der Waals surface area contributed by atoms with Crippen LogP contribution in [0.5, 0.6) is 0 Å². The molecule has 1 amide bonds. The van der Waals surface area contributed by atoms with Crippen molar-refractivity contribution in [3.8, 4) is 0 Å². The van der Waals surface area contributed by atoms with Crippen molar-refractivity contribution in [2.24, 2.45) is 7.05 Å². The molecule has 0 N–H and O–H groups in total. The molecular weight excluding hydrogens is 272 g/mol. The summed E-state index contributed by atoms with van der Waals surface area (Å²) in [6, 6.07) is 7.97. The Bertz CT molecular complexity index is 617. The third kappa shape index (κ3) is 2.39. The third-order valence-electron chi connectivity index (χ3n) is 3.67. The van der Waals surface area contributed by atoms with Crippen LogP contribution in [0.15, 0.2) is 30.5 Å². The minimum Gasteiger partial charge on any atom is -0.377 e. The largest absolute Gasteiger partial charge is 0.377 e. The van der Waals surface area contributed by atoms with E-state index in [9.17, 15) is 4.79 Å². The molecule has 2 aromatic rings. The Hall–Kier alpha value is -1.59. The molecular formula is C15H18N2O2S. The Kier molecular flexibility index (Phi) is 3.63. The summed E-state index contributed by atoms with van der Waals surface area (Å²) in [5.74, 6) is 0.109. The smallest absolute Gasteiger partial charge is 0.264 e. The highest BCUT2D eigenvalue weighted by Gasteiger charge is 2.31. The van der Waals surface area contributed by atoms with Crippen LogP contribution in [0, 0.1) is 6.92 Å². The Balaban J connectivity index is 1.89. The lowest BCUT2D eigenvalue weighted by Gasteiger charge is -2.35. The monoisotopic (exact) mass is 290 g/mol. The zero-order chi connectivity index (χ0) is 14.1. The molecule has 2 aromatic heterocycles. The van der Waals surface area contributed by atoms with Crippen molar-refractivity contribution in [1.29, 1.82) is 0 Å². The predicted octanol–water partition coefficient (Wildman–Crippen LogP) is 2.61. The highest BCUT2D eigenvalue weighted by molar-refractivity contribution is 7.13. The van der Waals surface area contributed by atoms with Crippen molar-refractivity contribution in [2.45, 2.75) is 13.0 Å². The average Bonchev–Trinajstić information content (AvgIpc) is 3.07. The molecule has 1 aliphatic heterocycles. The van der Waals surface area contributed by atoms with Crippen molar-refractivity contribution in [3.05, 3.63) is 45.9 Å². The van der Waals surface area contributed by atoms with Crippen LogP contribution in [-0.2, 0) is 11.8 Å². The van der Waals surface area contributed by atoms with Gasteiger partial charge < -0.3 is 14.2 Å². The van der Waals surface area contributed by atoms with Crippen molar-refractivity contribution in [1.82, 2.24) is 9.47 Å². The van der Waals surface area contributed by atoms with Crippen LogP contribution in [0.3, 0.4) is 0 Å². The number of thiophene rings is 1. The number of nitrogens with zero attached hydrogens (tertiary/aromatic N) is 2. The number of aromatic nitrogens is 1. The number of carbonyl (C=O) groups excluding carboxylic acids is 1. The molecule has 1 fully saturated rings. The molecule has 0 radical (unpaired) electrons.